The highest BCUT2D eigenvalue weighted by molar-refractivity contribution is 5.26. The summed E-state index contributed by atoms with van der Waals surface area (Å²) < 4.78 is 5.28. The topological polar surface area (TPSA) is 22.1 Å². The molecule has 0 spiro atoms. The Labute approximate surface area is 66.2 Å². The molecule has 2 rings (SSSR count). The van der Waals surface area contributed by atoms with Crippen LogP contribution < -0.4 is 0 Å². The van der Waals surface area contributed by atoms with Gasteiger partial charge in [-0.05, 0) is 24.5 Å². The van der Waals surface area contributed by atoms with Gasteiger partial charge in [0, 0.05) is 13.3 Å². The molecule has 0 bridgehead atoms. The first kappa shape index (κ1) is 6.80. The molecule has 0 fully saturated rings. The van der Waals surface area contributed by atoms with Crippen molar-refractivity contribution in [3.63, 3.8) is 0 Å². The summed E-state index contributed by atoms with van der Waals surface area (Å²) in [6.45, 7) is 0. The number of hydrogen-bond donors (Lipinski definition) is 0. The van der Waals surface area contributed by atoms with Crippen molar-refractivity contribution in [2.24, 2.45) is 0 Å². The standard InChI is InChI=1S/C9H11NO/c1-11-8-5-4-7-3-2-6-10-9(7)8/h2-3,6,8H,4-5H2,1H3/t8-/m0/s1. The van der Waals surface area contributed by atoms with Crippen LogP contribution in [0.1, 0.15) is 23.8 Å². The fraction of sp³-hybridized carbons (Fsp3) is 0.444. The van der Waals surface area contributed by atoms with Gasteiger partial charge in [-0.15, -0.1) is 0 Å². The van der Waals surface area contributed by atoms with E-state index in [1.54, 1.807) is 7.11 Å². The molecule has 0 saturated heterocycles. The maximum absolute atomic E-state index is 5.28. The number of nitrogens with zero attached hydrogens (tertiary/aromatic N) is 1. The van der Waals surface area contributed by atoms with Crippen molar-refractivity contribution in [3.8, 4) is 0 Å². The fourth-order valence-corrected chi connectivity index (χ4v) is 1.60. The molecule has 0 aliphatic heterocycles. The average molecular weight is 149 g/mol. The number of methoxy groups -OCH3 is 1. The molecular formula is C9H11NO. The number of pyridine rings is 1. The van der Waals surface area contributed by atoms with Crippen molar-refractivity contribution in [3.05, 3.63) is 29.6 Å². The number of aryl methyl sites for hydroxylation is 1. The summed E-state index contributed by atoms with van der Waals surface area (Å²) in [4.78, 5) is 4.29. The number of hydrogen-bond acceptors (Lipinski definition) is 2. The van der Waals surface area contributed by atoms with Gasteiger partial charge in [-0.25, -0.2) is 0 Å². The third-order valence-electron chi connectivity index (χ3n) is 2.19. The highest BCUT2D eigenvalue weighted by Crippen LogP contribution is 2.30. The molecule has 0 radical (unpaired) electrons. The van der Waals surface area contributed by atoms with E-state index >= 15 is 0 Å². The molecule has 0 saturated carbocycles. The minimum atomic E-state index is 0.242. The summed E-state index contributed by atoms with van der Waals surface area (Å²) in [5.41, 5.74) is 2.48. The first-order valence-electron chi connectivity index (χ1n) is 3.88. The monoisotopic (exact) mass is 149 g/mol. The lowest BCUT2D eigenvalue weighted by molar-refractivity contribution is 0.102. The molecule has 1 heterocycles. The summed E-state index contributed by atoms with van der Waals surface area (Å²) in [7, 11) is 1.74. The van der Waals surface area contributed by atoms with Gasteiger partial charge < -0.3 is 4.74 Å². The van der Waals surface area contributed by atoms with Crippen LogP contribution in [0.25, 0.3) is 0 Å². The Bertz CT molecular complexity index is 259. The molecule has 58 valence electrons. The molecule has 1 aliphatic carbocycles. The highest BCUT2D eigenvalue weighted by atomic mass is 16.5. The van der Waals surface area contributed by atoms with E-state index in [1.807, 2.05) is 12.3 Å². The highest BCUT2D eigenvalue weighted by Gasteiger charge is 2.22. The van der Waals surface area contributed by atoms with Gasteiger partial charge in [0.15, 0.2) is 0 Å². The Morgan fingerprint density at radius 2 is 2.55 bits per heavy atom. The van der Waals surface area contributed by atoms with Crippen LogP contribution in [0.5, 0.6) is 0 Å². The van der Waals surface area contributed by atoms with Gasteiger partial charge in [-0.1, -0.05) is 6.07 Å². The van der Waals surface area contributed by atoms with Gasteiger partial charge >= 0.3 is 0 Å². The van der Waals surface area contributed by atoms with Crippen LogP contribution in [-0.2, 0) is 11.2 Å². The van der Waals surface area contributed by atoms with Gasteiger partial charge in [-0.3, -0.25) is 4.98 Å². The molecule has 0 amide bonds. The number of ether oxygens (including phenoxy) is 1. The first-order chi connectivity index (χ1) is 5.42. The van der Waals surface area contributed by atoms with Crippen molar-refractivity contribution in [1.29, 1.82) is 0 Å². The van der Waals surface area contributed by atoms with E-state index in [0.29, 0.717) is 0 Å². The molecule has 1 aliphatic rings. The molecular weight excluding hydrogens is 138 g/mol. The molecule has 2 heteroatoms. The van der Waals surface area contributed by atoms with Crippen LogP contribution in [0.15, 0.2) is 18.3 Å². The second-order valence-electron chi connectivity index (χ2n) is 2.81. The second-order valence-corrected chi connectivity index (χ2v) is 2.81. The normalized spacial score (nSPS) is 21.7. The Kier molecular flexibility index (Phi) is 1.62. The lowest BCUT2D eigenvalue weighted by Gasteiger charge is -2.06. The zero-order chi connectivity index (χ0) is 7.68. The molecule has 11 heavy (non-hydrogen) atoms. The summed E-state index contributed by atoms with van der Waals surface area (Å²) >= 11 is 0. The maximum Gasteiger partial charge on any atom is 0.0996 e. The summed E-state index contributed by atoms with van der Waals surface area (Å²) in [5, 5.41) is 0. The minimum Gasteiger partial charge on any atom is -0.375 e. The van der Waals surface area contributed by atoms with Gasteiger partial charge in [0.05, 0.1) is 11.8 Å². The van der Waals surface area contributed by atoms with Crippen LogP contribution in [0.4, 0.5) is 0 Å². The Morgan fingerprint density at radius 3 is 3.36 bits per heavy atom. The Morgan fingerprint density at radius 1 is 1.64 bits per heavy atom. The molecule has 1 aromatic rings. The van der Waals surface area contributed by atoms with E-state index in [0.717, 1.165) is 18.5 Å². The van der Waals surface area contributed by atoms with Crippen LogP contribution in [0.3, 0.4) is 0 Å². The van der Waals surface area contributed by atoms with E-state index in [4.69, 9.17) is 4.74 Å². The van der Waals surface area contributed by atoms with Crippen LogP contribution in [0, 0.1) is 0 Å². The van der Waals surface area contributed by atoms with E-state index in [1.165, 1.54) is 5.56 Å². The number of fused-ring (bicyclic) bond motifs is 1. The van der Waals surface area contributed by atoms with E-state index in [9.17, 15) is 0 Å². The van der Waals surface area contributed by atoms with Crippen molar-refractivity contribution in [2.45, 2.75) is 18.9 Å². The zero-order valence-corrected chi connectivity index (χ0v) is 6.58. The number of rotatable bonds is 1. The van der Waals surface area contributed by atoms with Crippen LogP contribution in [0.2, 0.25) is 0 Å². The molecule has 1 atom stereocenters. The third kappa shape index (κ3) is 1.03. The molecule has 0 N–H and O–H groups in total. The average Bonchev–Trinajstić information content (AvgIpc) is 2.47. The quantitative estimate of drug-likeness (QED) is 0.606. The molecule has 2 nitrogen and oxygen atoms in total. The first-order valence-corrected chi connectivity index (χ1v) is 3.88. The van der Waals surface area contributed by atoms with Gasteiger partial charge in [0.2, 0.25) is 0 Å². The van der Waals surface area contributed by atoms with Crippen molar-refractivity contribution in [2.75, 3.05) is 7.11 Å². The summed E-state index contributed by atoms with van der Waals surface area (Å²) in [6.07, 6.45) is 4.27. The SMILES string of the molecule is CO[C@H]1CCc2cccnc21. The molecule has 1 aromatic heterocycles. The molecule has 0 aromatic carbocycles. The van der Waals surface area contributed by atoms with Crippen molar-refractivity contribution >= 4 is 0 Å². The Balaban J connectivity index is 2.39. The van der Waals surface area contributed by atoms with Gasteiger partial charge in [-0.2, -0.15) is 0 Å². The fourth-order valence-electron chi connectivity index (χ4n) is 1.60. The molecule has 0 unspecified atom stereocenters. The van der Waals surface area contributed by atoms with Crippen LogP contribution >= 0.6 is 0 Å². The van der Waals surface area contributed by atoms with E-state index < -0.39 is 0 Å². The van der Waals surface area contributed by atoms with E-state index in [2.05, 4.69) is 11.1 Å². The van der Waals surface area contributed by atoms with Crippen molar-refractivity contribution < 1.29 is 4.74 Å². The lowest BCUT2D eigenvalue weighted by atomic mass is 10.2. The zero-order valence-electron chi connectivity index (χ0n) is 6.58. The summed E-state index contributed by atoms with van der Waals surface area (Å²) in [6, 6.07) is 4.11. The number of aromatic nitrogens is 1. The lowest BCUT2D eigenvalue weighted by Crippen LogP contribution is -1.97. The maximum atomic E-state index is 5.28. The second kappa shape index (κ2) is 2.62. The van der Waals surface area contributed by atoms with Crippen molar-refractivity contribution in [1.82, 2.24) is 4.98 Å². The third-order valence-corrected chi connectivity index (χ3v) is 2.19. The van der Waals surface area contributed by atoms with Gasteiger partial charge in [0.1, 0.15) is 0 Å². The minimum absolute atomic E-state index is 0.242. The predicted octanol–water partition coefficient (Wildman–Crippen LogP) is 1.72. The van der Waals surface area contributed by atoms with E-state index in [-0.39, 0.29) is 6.10 Å². The Hall–Kier alpha value is -0.890. The predicted molar refractivity (Wildman–Crippen MR) is 42.3 cm³/mol. The smallest absolute Gasteiger partial charge is 0.0996 e. The summed E-state index contributed by atoms with van der Waals surface area (Å²) in [5.74, 6) is 0. The largest absolute Gasteiger partial charge is 0.375 e. The van der Waals surface area contributed by atoms with Gasteiger partial charge in [0.25, 0.3) is 0 Å². The van der Waals surface area contributed by atoms with Crippen LogP contribution in [-0.4, -0.2) is 12.1 Å².